The third-order valence-electron chi connectivity index (χ3n) is 5.46. The zero-order valence-electron chi connectivity index (χ0n) is 18.4. The first-order valence-electron chi connectivity index (χ1n) is 10.4. The molecule has 8 nitrogen and oxygen atoms in total. The number of fused-ring (bicyclic) bond motifs is 1. The molecule has 0 amide bonds. The summed E-state index contributed by atoms with van der Waals surface area (Å²) in [4.78, 5) is 33.6. The molecule has 0 saturated heterocycles. The fourth-order valence-electron chi connectivity index (χ4n) is 3.48. The number of aromatic nitrogens is 2. The molecule has 0 aliphatic carbocycles. The first-order valence-corrected chi connectivity index (χ1v) is 10.8. The van der Waals surface area contributed by atoms with Crippen molar-refractivity contribution in [2.75, 3.05) is 12.8 Å². The van der Waals surface area contributed by atoms with Crippen molar-refractivity contribution < 1.29 is 14.3 Å². The van der Waals surface area contributed by atoms with Gasteiger partial charge in [-0.1, -0.05) is 23.7 Å². The van der Waals surface area contributed by atoms with Gasteiger partial charge in [-0.3, -0.25) is 14.2 Å². The van der Waals surface area contributed by atoms with E-state index in [1.807, 2.05) is 44.2 Å². The Labute approximate surface area is 191 Å². The summed E-state index contributed by atoms with van der Waals surface area (Å²) in [6.45, 7) is 3.43. The molecule has 2 heterocycles. The maximum absolute atomic E-state index is 13.0. The Bertz CT molecular complexity index is 1110. The highest BCUT2D eigenvalue weighted by atomic mass is 35.5. The molecule has 0 bridgehead atoms. The number of methoxy groups -OCH3 is 1. The van der Waals surface area contributed by atoms with Crippen LogP contribution in [0.15, 0.2) is 45.9 Å². The van der Waals surface area contributed by atoms with Gasteiger partial charge in [-0.25, -0.2) is 0 Å². The van der Waals surface area contributed by atoms with E-state index in [1.165, 1.54) is 7.11 Å². The van der Waals surface area contributed by atoms with Gasteiger partial charge in [0.15, 0.2) is 11.7 Å². The summed E-state index contributed by atoms with van der Waals surface area (Å²) >= 11 is 5.99. The highest BCUT2D eigenvalue weighted by Crippen LogP contribution is 2.29. The number of benzene rings is 1. The van der Waals surface area contributed by atoms with Crippen LogP contribution in [0, 0.1) is 5.92 Å². The van der Waals surface area contributed by atoms with Gasteiger partial charge in [0.25, 0.3) is 5.56 Å². The molecule has 3 rings (SSSR count). The number of aryl methyl sites for hydroxylation is 1. The summed E-state index contributed by atoms with van der Waals surface area (Å²) in [7, 11) is 1.25. The number of rotatable bonds is 6. The fraction of sp³-hybridized carbons (Fsp3) is 0.391. The van der Waals surface area contributed by atoms with Crippen molar-refractivity contribution in [3.05, 3.63) is 62.6 Å². The van der Waals surface area contributed by atoms with E-state index in [9.17, 15) is 9.59 Å². The standard InChI is InChI=1S/C23H27ClN4O4/c1-4-14(2)32-21-16(8-5-15-6-10-17(24)11-7-15)9-12-18-20(26-21)27-23(25)28(22(18)30)13-19(29)31-3/h4,6-7,10-11,16H,5,8-9,12-13H2,1-3H3,(H2,25,27). The van der Waals surface area contributed by atoms with Crippen molar-refractivity contribution in [1.29, 1.82) is 0 Å². The summed E-state index contributed by atoms with van der Waals surface area (Å²) in [6, 6.07) is 7.73. The molecule has 0 saturated carbocycles. The van der Waals surface area contributed by atoms with Crippen molar-refractivity contribution >= 4 is 35.2 Å². The minimum atomic E-state index is -0.578. The molecule has 170 valence electrons. The highest BCUT2D eigenvalue weighted by molar-refractivity contribution is 6.30. The maximum atomic E-state index is 13.0. The molecule has 0 spiro atoms. The number of nitrogen functional groups attached to an aromatic ring is 1. The molecule has 2 aromatic rings. The summed E-state index contributed by atoms with van der Waals surface area (Å²) in [5.41, 5.74) is 7.15. The Hall–Kier alpha value is -3.13. The normalized spacial score (nSPS) is 16.1. The smallest absolute Gasteiger partial charge is 0.325 e. The number of carbonyl (C=O) groups excluding carboxylic acids is 1. The van der Waals surface area contributed by atoms with E-state index in [0.717, 1.165) is 23.0 Å². The third-order valence-corrected chi connectivity index (χ3v) is 5.71. The number of halogens is 1. The molecule has 2 N–H and O–H groups in total. The van der Waals surface area contributed by atoms with Gasteiger partial charge in [-0.15, -0.1) is 0 Å². The number of hydrogen-bond donors (Lipinski definition) is 1. The second-order valence-corrected chi connectivity index (χ2v) is 8.03. The average molecular weight is 459 g/mol. The van der Waals surface area contributed by atoms with E-state index in [1.54, 1.807) is 0 Å². The average Bonchev–Trinajstić information content (AvgIpc) is 2.95. The number of ether oxygens (including phenoxy) is 2. The number of nitrogens with zero attached hydrogens (tertiary/aromatic N) is 3. The van der Waals surface area contributed by atoms with Crippen LogP contribution >= 0.6 is 11.6 Å². The van der Waals surface area contributed by atoms with Crippen molar-refractivity contribution in [2.24, 2.45) is 10.9 Å². The van der Waals surface area contributed by atoms with Gasteiger partial charge in [0.2, 0.25) is 5.95 Å². The van der Waals surface area contributed by atoms with Crippen molar-refractivity contribution in [1.82, 2.24) is 9.55 Å². The lowest BCUT2D eigenvalue weighted by Gasteiger charge is -2.18. The molecule has 9 heteroatoms. The van der Waals surface area contributed by atoms with Gasteiger partial charge in [-0.05, 0) is 63.3 Å². The number of nitrogens with two attached hydrogens (primary N) is 1. The maximum Gasteiger partial charge on any atom is 0.325 e. The first-order chi connectivity index (χ1) is 15.3. The molecular formula is C23H27ClN4O4. The zero-order chi connectivity index (χ0) is 23.3. The number of allylic oxidation sites excluding steroid dienone is 2. The van der Waals surface area contributed by atoms with Gasteiger partial charge in [-0.2, -0.15) is 9.98 Å². The van der Waals surface area contributed by atoms with Gasteiger partial charge in [0.1, 0.15) is 6.54 Å². The minimum absolute atomic E-state index is 0.0236. The number of esters is 1. The number of carbonyl (C=O) groups is 1. The minimum Gasteiger partial charge on any atom is -0.468 e. The van der Waals surface area contributed by atoms with Gasteiger partial charge in [0, 0.05) is 10.9 Å². The Morgan fingerprint density at radius 1 is 1.34 bits per heavy atom. The van der Waals surface area contributed by atoms with Crippen molar-refractivity contribution in [3.8, 4) is 0 Å². The van der Waals surface area contributed by atoms with Crippen LogP contribution in [0.2, 0.25) is 5.02 Å². The van der Waals surface area contributed by atoms with Gasteiger partial charge in [0.05, 0.1) is 18.4 Å². The number of aliphatic imine (C=N–C) groups is 1. The summed E-state index contributed by atoms with van der Waals surface area (Å²) in [5.74, 6) is 0.753. The fourth-order valence-corrected chi connectivity index (χ4v) is 3.61. The Morgan fingerprint density at radius 2 is 2.06 bits per heavy atom. The molecule has 1 atom stereocenters. The second-order valence-electron chi connectivity index (χ2n) is 7.59. The lowest BCUT2D eigenvalue weighted by molar-refractivity contribution is -0.141. The van der Waals surface area contributed by atoms with E-state index in [2.05, 4.69) is 14.7 Å². The lowest BCUT2D eigenvalue weighted by Crippen LogP contribution is -2.30. The van der Waals surface area contributed by atoms with Crippen LogP contribution in [0.4, 0.5) is 11.8 Å². The largest absolute Gasteiger partial charge is 0.468 e. The molecule has 32 heavy (non-hydrogen) atoms. The quantitative estimate of drug-likeness (QED) is 0.520. The summed E-state index contributed by atoms with van der Waals surface area (Å²) < 4.78 is 11.8. The van der Waals surface area contributed by atoms with E-state index in [0.29, 0.717) is 35.1 Å². The second kappa shape index (κ2) is 10.5. The topological polar surface area (TPSA) is 109 Å². The van der Waals surface area contributed by atoms with Crippen LogP contribution in [0.5, 0.6) is 0 Å². The van der Waals surface area contributed by atoms with E-state index in [4.69, 9.17) is 22.1 Å². The Morgan fingerprint density at radius 3 is 2.72 bits per heavy atom. The molecule has 0 radical (unpaired) electrons. The van der Waals surface area contributed by atoms with E-state index in [-0.39, 0.29) is 29.8 Å². The lowest BCUT2D eigenvalue weighted by atomic mass is 9.94. The third kappa shape index (κ3) is 5.56. The number of anilines is 1. The van der Waals surface area contributed by atoms with Crippen LogP contribution in [-0.4, -0.2) is 28.5 Å². The molecule has 1 aliphatic rings. The predicted molar refractivity (Wildman–Crippen MR) is 124 cm³/mol. The molecular weight excluding hydrogens is 432 g/mol. The Balaban J connectivity index is 1.93. The van der Waals surface area contributed by atoms with Crippen LogP contribution in [0.3, 0.4) is 0 Å². The molecule has 1 unspecified atom stereocenters. The van der Waals surface area contributed by atoms with Crippen molar-refractivity contribution in [3.63, 3.8) is 0 Å². The molecule has 1 aliphatic heterocycles. The first kappa shape index (κ1) is 23.5. The summed E-state index contributed by atoms with van der Waals surface area (Å²) in [5, 5.41) is 0.694. The van der Waals surface area contributed by atoms with Crippen LogP contribution < -0.4 is 11.3 Å². The molecule has 1 aromatic carbocycles. The SMILES string of the molecule is CC=C(C)OC1=Nc2nc(N)n(CC(=O)OC)c(=O)c2CCC1CCc1ccc(Cl)cc1. The Kier molecular flexibility index (Phi) is 7.69. The number of hydrogen-bond acceptors (Lipinski definition) is 7. The van der Waals surface area contributed by atoms with Gasteiger partial charge >= 0.3 is 5.97 Å². The summed E-state index contributed by atoms with van der Waals surface area (Å²) in [6.07, 6.45) is 4.52. The monoisotopic (exact) mass is 458 g/mol. The molecule has 1 aromatic heterocycles. The van der Waals surface area contributed by atoms with Crippen LogP contribution in [-0.2, 0) is 33.7 Å². The zero-order valence-corrected chi connectivity index (χ0v) is 19.2. The molecule has 0 fully saturated rings. The predicted octanol–water partition coefficient (Wildman–Crippen LogP) is 3.82. The van der Waals surface area contributed by atoms with E-state index < -0.39 is 5.97 Å². The highest BCUT2D eigenvalue weighted by Gasteiger charge is 2.27. The van der Waals surface area contributed by atoms with Crippen LogP contribution in [0.25, 0.3) is 0 Å². The van der Waals surface area contributed by atoms with Gasteiger partial charge < -0.3 is 15.2 Å². The van der Waals surface area contributed by atoms with Crippen LogP contribution in [0.1, 0.15) is 37.8 Å². The van der Waals surface area contributed by atoms with Crippen molar-refractivity contribution in [2.45, 2.75) is 46.1 Å². The van der Waals surface area contributed by atoms with E-state index >= 15 is 0 Å².